The van der Waals surface area contributed by atoms with Crippen LogP contribution in [-0.4, -0.2) is 35.2 Å². The van der Waals surface area contributed by atoms with Gasteiger partial charge in [0.25, 0.3) is 0 Å². The van der Waals surface area contributed by atoms with E-state index in [2.05, 4.69) is 9.84 Å². The van der Waals surface area contributed by atoms with E-state index in [1.165, 1.54) is 0 Å². The van der Waals surface area contributed by atoms with Crippen LogP contribution in [0.2, 0.25) is 0 Å². The maximum absolute atomic E-state index is 12.0. The molecule has 0 spiro atoms. The van der Waals surface area contributed by atoms with Crippen molar-refractivity contribution >= 4 is 0 Å². The second-order valence-electron chi connectivity index (χ2n) is 4.91. The Balaban J connectivity index is 2.57. The highest BCUT2D eigenvalue weighted by Crippen LogP contribution is 2.16. The molecule has 0 aliphatic carbocycles. The normalized spacial score (nSPS) is 13.8. The molecule has 0 bridgehead atoms. The van der Waals surface area contributed by atoms with Gasteiger partial charge in [0, 0.05) is 11.7 Å². The molecule has 0 aromatic carbocycles. The van der Waals surface area contributed by atoms with Crippen LogP contribution in [0.4, 0.5) is 13.2 Å². The van der Waals surface area contributed by atoms with Crippen molar-refractivity contribution < 1.29 is 17.9 Å². The average molecular weight is 293 g/mol. The Kier molecular flexibility index (Phi) is 6.01. The molecule has 116 valence electrons. The molecule has 20 heavy (non-hydrogen) atoms. The van der Waals surface area contributed by atoms with Gasteiger partial charge in [-0.1, -0.05) is 6.92 Å². The number of rotatable bonds is 7. The molecule has 2 N–H and O–H groups in total. The SMILES string of the molecule is CCC(N)Cc1c(C)nn(CCOCC(F)(F)F)c1C. The number of hydrogen-bond acceptors (Lipinski definition) is 3. The summed E-state index contributed by atoms with van der Waals surface area (Å²) in [6.07, 6.45) is -2.68. The van der Waals surface area contributed by atoms with Crippen LogP contribution < -0.4 is 5.73 Å². The third-order valence-corrected chi connectivity index (χ3v) is 3.24. The fourth-order valence-corrected chi connectivity index (χ4v) is 1.99. The maximum Gasteiger partial charge on any atom is 0.411 e. The van der Waals surface area contributed by atoms with Crippen LogP contribution in [0.3, 0.4) is 0 Å². The van der Waals surface area contributed by atoms with Crippen molar-refractivity contribution in [3.8, 4) is 0 Å². The van der Waals surface area contributed by atoms with Gasteiger partial charge in [-0.2, -0.15) is 18.3 Å². The summed E-state index contributed by atoms with van der Waals surface area (Å²) < 4.78 is 42.1. The highest BCUT2D eigenvalue weighted by atomic mass is 19.4. The summed E-state index contributed by atoms with van der Waals surface area (Å²) in [6, 6.07) is 0.0755. The largest absolute Gasteiger partial charge is 0.411 e. The fourth-order valence-electron chi connectivity index (χ4n) is 1.99. The van der Waals surface area contributed by atoms with E-state index in [1.807, 2.05) is 20.8 Å². The van der Waals surface area contributed by atoms with Crippen molar-refractivity contribution in [1.29, 1.82) is 0 Å². The molecule has 0 saturated carbocycles. The van der Waals surface area contributed by atoms with E-state index >= 15 is 0 Å². The fraction of sp³-hybridized carbons (Fsp3) is 0.769. The Hall–Kier alpha value is -1.08. The van der Waals surface area contributed by atoms with Crippen molar-refractivity contribution in [2.24, 2.45) is 5.73 Å². The molecule has 1 heterocycles. The van der Waals surface area contributed by atoms with E-state index in [4.69, 9.17) is 5.73 Å². The summed E-state index contributed by atoms with van der Waals surface area (Å²) >= 11 is 0. The zero-order valence-electron chi connectivity index (χ0n) is 12.1. The second-order valence-corrected chi connectivity index (χ2v) is 4.91. The highest BCUT2D eigenvalue weighted by Gasteiger charge is 2.27. The molecule has 1 atom stereocenters. The predicted molar refractivity (Wildman–Crippen MR) is 70.5 cm³/mol. The number of aromatic nitrogens is 2. The Labute approximate surface area is 117 Å². The Morgan fingerprint density at radius 1 is 1.35 bits per heavy atom. The molecule has 4 nitrogen and oxygen atoms in total. The van der Waals surface area contributed by atoms with Crippen LogP contribution in [0, 0.1) is 13.8 Å². The van der Waals surface area contributed by atoms with Crippen LogP contribution in [0.5, 0.6) is 0 Å². The summed E-state index contributed by atoms with van der Waals surface area (Å²) in [5.41, 5.74) is 8.84. The van der Waals surface area contributed by atoms with Gasteiger partial charge in [0.15, 0.2) is 0 Å². The third kappa shape index (κ3) is 5.13. The standard InChI is InChI=1S/C13H22F3N3O/c1-4-11(17)7-12-9(2)18-19(10(12)3)5-6-20-8-13(14,15)16/h11H,4-8,17H2,1-3H3. The predicted octanol–water partition coefficient (Wildman–Crippen LogP) is 2.36. The van der Waals surface area contributed by atoms with Crippen molar-refractivity contribution in [2.45, 2.75) is 52.4 Å². The highest BCUT2D eigenvalue weighted by molar-refractivity contribution is 5.25. The molecule has 0 saturated heterocycles. The van der Waals surface area contributed by atoms with Gasteiger partial charge in [-0.3, -0.25) is 4.68 Å². The van der Waals surface area contributed by atoms with Crippen LogP contribution in [-0.2, 0) is 17.7 Å². The number of nitrogens with zero attached hydrogens (tertiary/aromatic N) is 2. The van der Waals surface area contributed by atoms with E-state index in [1.54, 1.807) is 4.68 Å². The van der Waals surface area contributed by atoms with E-state index in [9.17, 15) is 13.2 Å². The van der Waals surface area contributed by atoms with Crippen molar-refractivity contribution in [2.75, 3.05) is 13.2 Å². The quantitative estimate of drug-likeness (QED) is 0.785. The first-order chi connectivity index (χ1) is 9.24. The number of halogens is 3. The van der Waals surface area contributed by atoms with Gasteiger partial charge >= 0.3 is 6.18 Å². The van der Waals surface area contributed by atoms with Crippen molar-refractivity contribution in [3.05, 3.63) is 17.0 Å². The van der Waals surface area contributed by atoms with Crippen LogP contribution in [0.1, 0.15) is 30.3 Å². The summed E-state index contributed by atoms with van der Waals surface area (Å²) in [4.78, 5) is 0. The first kappa shape index (κ1) is 17.0. The van der Waals surface area contributed by atoms with Crippen LogP contribution in [0.15, 0.2) is 0 Å². The van der Waals surface area contributed by atoms with Crippen molar-refractivity contribution in [3.63, 3.8) is 0 Å². The summed E-state index contributed by atoms with van der Waals surface area (Å²) in [7, 11) is 0. The maximum atomic E-state index is 12.0. The van der Waals surface area contributed by atoms with E-state index in [0.717, 1.165) is 29.8 Å². The molecule has 1 unspecified atom stereocenters. The molecule has 0 aliphatic rings. The smallest absolute Gasteiger partial charge is 0.370 e. The zero-order valence-corrected chi connectivity index (χ0v) is 12.1. The Morgan fingerprint density at radius 2 is 2.00 bits per heavy atom. The van der Waals surface area contributed by atoms with Gasteiger partial charge in [-0.25, -0.2) is 0 Å². The topological polar surface area (TPSA) is 53.1 Å². The lowest BCUT2D eigenvalue weighted by atomic mass is 10.0. The lowest BCUT2D eigenvalue weighted by molar-refractivity contribution is -0.174. The molecule has 0 amide bonds. The lowest BCUT2D eigenvalue weighted by Crippen LogP contribution is -2.22. The minimum absolute atomic E-state index is 0.0132. The average Bonchev–Trinajstić information content (AvgIpc) is 2.61. The molecule has 7 heteroatoms. The second kappa shape index (κ2) is 7.08. The summed E-state index contributed by atoms with van der Waals surface area (Å²) in [5, 5.41) is 4.33. The zero-order chi connectivity index (χ0) is 15.3. The monoisotopic (exact) mass is 293 g/mol. The van der Waals surface area contributed by atoms with Crippen molar-refractivity contribution in [1.82, 2.24) is 9.78 Å². The first-order valence-electron chi connectivity index (χ1n) is 6.67. The summed E-state index contributed by atoms with van der Waals surface area (Å²) in [6.45, 7) is 4.88. The van der Waals surface area contributed by atoms with Gasteiger partial charge < -0.3 is 10.5 Å². The number of ether oxygens (including phenoxy) is 1. The minimum atomic E-state index is -4.28. The third-order valence-electron chi connectivity index (χ3n) is 3.24. The van der Waals surface area contributed by atoms with Gasteiger partial charge in [-0.15, -0.1) is 0 Å². The molecular formula is C13H22F3N3O. The van der Waals surface area contributed by atoms with Crippen LogP contribution in [0.25, 0.3) is 0 Å². The lowest BCUT2D eigenvalue weighted by Gasteiger charge is -2.10. The Morgan fingerprint density at radius 3 is 2.55 bits per heavy atom. The molecular weight excluding hydrogens is 271 g/mol. The number of alkyl halides is 3. The van der Waals surface area contributed by atoms with E-state index in [-0.39, 0.29) is 12.6 Å². The number of nitrogens with two attached hydrogens (primary N) is 1. The van der Waals surface area contributed by atoms with Crippen LogP contribution >= 0.6 is 0 Å². The van der Waals surface area contributed by atoms with E-state index < -0.39 is 12.8 Å². The molecule has 0 radical (unpaired) electrons. The molecule has 0 aliphatic heterocycles. The van der Waals surface area contributed by atoms with Gasteiger partial charge in [0.05, 0.1) is 18.8 Å². The molecule has 1 aromatic heterocycles. The van der Waals surface area contributed by atoms with Gasteiger partial charge in [-0.05, 0) is 32.3 Å². The minimum Gasteiger partial charge on any atom is -0.370 e. The van der Waals surface area contributed by atoms with Gasteiger partial charge in [0.2, 0.25) is 0 Å². The molecule has 0 fully saturated rings. The molecule has 1 aromatic rings. The van der Waals surface area contributed by atoms with Gasteiger partial charge in [0.1, 0.15) is 6.61 Å². The Bertz CT molecular complexity index is 429. The number of aryl methyl sites for hydroxylation is 1. The van der Waals surface area contributed by atoms with E-state index in [0.29, 0.717) is 6.54 Å². The summed E-state index contributed by atoms with van der Waals surface area (Å²) in [5.74, 6) is 0. The first-order valence-corrected chi connectivity index (χ1v) is 6.67. The number of hydrogen-bond donors (Lipinski definition) is 1. The molecule has 1 rings (SSSR count).